The first kappa shape index (κ1) is 23.1. The number of pyridine rings is 1. The van der Waals surface area contributed by atoms with Crippen LogP contribution in [0.4, 0.5) is 8.78 Å². The Kier molecular flexibility index (Phi) is 8.88. The van der Waals surface area contributed by atoms with Crippen molar-refractivity contribution in [1.29, 1.82) is 0 Å². The smallest absolute Gasteiger partial charge is 0.387 e. The van der Waals surface area contributed by atoms with Crippen molar-refractivity contribution >= 4 is 30.7 Å². The predicted octanol–water partition coefficient (Wildman–Crippen LogP) is 3.41. The third-order valence-corrected chi connectivity index (χ3v) is 4.24. The van der Waals surface area contributed by atoms with E-state index < -0.39 is 6.61 Å². The molecule has 2 N–H and O–H groups in total. The van der Waals surface area contributed by atoms with Crippen LogP contribution in [0.5, 0.6) is 5.75 Å². The third-order valence-electron chi connectivity index (χ3n) is 4.24. The highest BCUT2D eigenvalue weighted by molar-refractivity contribution is 5.94. The Morgan fingerprint density at radius 2 is 2.00 bits per heavy atom. The van der Waals surface area contributed by atoms with Crippen molar-refractivity contribution in [3.05, 3.63) is 58.4 Å². The number of rotatable bonds is 5. The summed E-state index contributed by atoms with van der Waals surface area (Å²) in [6.45, 7) is 1.13. The number of carbonyl (C=O) groups excluding carboxylic acids is 1. The van der Waals surface area contributed by atoms with E-state index in [0.29, 0.717) is 12.1 Å². The lowest BCUT2D eigenvalue weighted by Crippen LogP contribution is -2.28. The summed E-state index contributed by atoms with van der Waals surface area (Å²) in [5.41, 5.74) is 4.74. The molecule has 0 bridgehead atoms. The lowest BCUT2D eigenvalue weighted by Gasteiger charge is -2.21. The van der Waals surface area contributed by atoms with Crippen LogP contribution in [-0.4, -0.2) is 24.0 Å². The Balaban J connectivity index is 0.00000182. The number of nitrogens with one attached hydrogen (secondary N) is 2. The number of aromatic nitrogens is 1. The van der Waals surface area contributed by atoms with E-state index in [-0.39, 0.29) is 36.5 Å². The number of halogens is 4. The number of hydrogen-bond acceptors (Lipinski definition) is 4. The molecule has 3 rings (SSSR count). The predicted molar refractivity (Wildman–Crippen MR) is 103 cm³/mol. The van der Waals surface area contributed by atoms with Crippen molar-refractivity contribution < 1.29 is 18.3 Å². The van der Waals surface area contributed by atoms with Crippen molar-refractivity contribution in [3.8, 4) is 5.75 Å². The third kappa shape index (κ3) is 5.76. The molecule has 1 aromatic carbocycles. The van der Waals surface area contributed by atoms with Gasteiger partial charge < -0.3 is 15.4 Å². The zero-order valence-corrected chi connectivity index (χ0v) is 16.3. The van der Waals surface area contributed by atoms with Gasteiger partial charge in [-0.25, -0.2) is 0 Å². The van der Waals surface area contributed by atoms with E-state index in [1.165, 1.54) is 29.8 Å². The maximum Gasteiger partial charge on any atom is 0.387 e. The largest absolute Gasteiger partial charge is 0.435 e. The molecule has 2 aromatic rings. The van der Waals surface area contributed by atoms with Gasteiger partial charge in [0.05, 0.1) is 0 Å². The molecule has 0 fully saturated rings. The minimum absolute atomic E-state index is 0. The van der Waals surface area contributed by atoms with Crippen LogP contribution in [0.15, 0.2) is 30.5 Å². The molecule has 0 saturated heterocycles. The number of aryl methyl sites for hydroxylation is 1. The second-order valence-electron chi connectivity index (χ2n) is 5.84. The summed E-state index contributed by atoms with van der Waals surface area (Å²) in [4.78, 5) is 16.7. The van der Waals surface area contributed by atoms with Crippen LogP contribution in [-0.2, 0) is 19.5 Å². The van der Waals surface area contributed by atoms with Gasteiger partial charge in [-0.15, -0.1) is 24.8 Å². The lowest BCUT2D eigenvalue weighted by molar-refractivity contribution is -0.0498. The number of nitrogens with zero attached hydrogens (tertiary/aromatic N) is 1. The van der Waals surface area contributed by atoms with E-state index in [9.17, 15) is 13.6 Å². The van der Waals surface area contributed by atoms with Gasteiger partial charge in [0.25, 0.3) is 5.91 Å². The molecule has 1 aliphatic heterocycles. The topological polar surface area (TPSA) is 63.2 Å². The zero-order valence-electron chi connectivity index (χ0n) is 14.6. The minimum Gasteiger partial charge on any atom is -0.435 e. The van der Waals surface area contributed by atoms with E-state index in [1.807, 2.05) is 13.1 Å². The summed E-state index contributed by atoms with van der Waals surface area (Å²) in [7, 11) is 0. The Morgan fingerprint density at radius 3 is 2.67 bits per heavy atom. The molecular formula is C18H21Cl2F2N3O2. The number of alkyl halides is 2. The van der Waals surface area contributed by atoms with Crippen LogP contribution in [0.2, 0.25) is 0 Å². The number of amides is 1. The van der Waals surface area contributed by atoms with Crippen LogP contribution >= 0.6 is 24.8 Å². The Labute approximate surface area is 168 Å². The molecule has 1 aromatic heterocycles. The molecular weight excluding hydrogens is 399 g/mol. The summed E-state index contributed by atoms with van der Waals surface area (Å²) in [6.07, 6.45) is 2.79. The van der Waals surface area contributed by atoms with Gasteiger partial charge in [-0.1, -0.05) is 0 Å². The van der Waals surface area contributed by atoms with Gasteiger partial charge in [0, 0.05) is 30.5 Å². The summed E-state index contributed by atoms with van der Waals surface area (Å²) in [6, 6.07) is 5.62. The highest BCUT2D eigenvalue weighted by atomic mass is 35.5. The quantitative estimate of drug-likeness (QED) is 0.779. The highest BCUT2D eigenvalue weighted by Crippen LogP contribution is 2.20. The summed E-state index contributed by atoms with van der Waals surface area (Å²) >= 11 is 0. The van der Waals surface area contributed by atoms with E-state index in [4.69, 9.17) is 0 Å². The van der Waals surface area contributed by atoms with Crippen LogP contribution in [0.1, 0.15) is 32.7 Å². The van der Waals surface area contributed by atoms with Gasteiger partial charge in [0.2, 0.25) is 0 Å². The Hall–Kier alpha value is -1.96. The van der Waals surface area contributed by atoms with Crippen molar-refractivity contribution in [2.75, 3.05) is 6.54 Å². The van der Waals surface area contributed by atoms with Crippen LogP contribution in [0.3, 0.4) is 0 Å². The SMILES string of the molecule is Cc1ncc2c(c1CNC(=O)c1ccc(OC(F)F)cc1)CCNC2.Cl.Cl. The van der Waals surface area contributed by atoms with E-state index in [1.54, 1.807) is 0 Å². The van der Waals surface area contributed by atoms with Crippen LogP contribution in [0, 0.1) is 6.92 Å². The number of hydrogen-bond donors (Lipinski definition) is 2. The molecule has 27 heavy (non-hydrogen) atoms. The maximum absolute atomic E-state index is 12.3. The lowest BCUT2D eigenvalue weighted by atomic mass is 9.96. The van der Waals surface area contributed by atoms with Crippen LogP contribution < -0.4 is 15.4 Å². The number of fused-ring (bicyclic) bond motifs is 1. The van der Waals surface area contributed by atoms with Gasteiger partial charge in [-0.2, -0.15) is 8.78 Å². The van der Waals surface area contributed by atoms with Crippen LogP contribution in [0.25, 0.3) is 0 Å². The molecule has 2 heterocycles. The zero-order chi connectivity index (χ0) is 17.8. The molecule has 0 saturated carbocycles. The first-order valence-electron chi connectivity index (χ1n) is 8.04. The number of benzene rings is 1. The number of ether oxygens (including phenoxy) is 1. The van der Waals surface area contributed by atoms with Crippen molar-refractivity contribution in [1.82, 2.24) is 15.6 Å². The monoisotopic (exact) mass is 419 g/mol. The first-order valence-corrected chi connectivity index (χ1v) is 8.04. The average Bonchev–Trinajstić information content (AvgIpc) is 2.61. The van der Waals surface area contributed by atoms with Gasteiger partial charge in [0.1, 0.15) is 5.75 Å². The standard InChI is InChI=1S/C18H19F2N3O2.2ClH/c1-11-16(15-6-7-21-8-13(15)9-22-11)10-23-17(24)12-2-4-14(5-3-12)25-18(19)20;;/h2-5,9,18,21H,6-8,10H2,1H3,(H,23,24);2*1H. The second-order valence-corrected chi connectivity index (χ2v) is 5.84. The molecule has 148 valence electrons. The van der Waals surface area contributed by atoms with Gasteiger partial charge in [-0.3, -0.25) is 9.78 Å². The van der Waals surface area contributed by atoms with E-state index in [2.05, 4.69) is 20.4 Å². The molecule has 1 aliphatic rings. The fourth-order valence-electron chi connectivity index (χ4n) is 2.94. The highest BCUT2D eigenvalue weighted by Gasteiger charge is 2.16. The summed E-state index contributed by atoms with van der Waals surface area (Å²) in [5, 5.41) is 6.18. The molecule has 0 unspecified atom stereocenters. The van der Waals surface area contributed by atoms with Gasteiger partial charge in [0.15, 0.2) is 0 Å². The number of carbonyl (C=O) groups is 1. The summed E-state index contributed by atoms with van der Waals surface area (Å²) in [5.74, 6) is -0.245. The first-order chi connectivity index (χ1) is 12.0. The molecule has 0 atom stereocenters. The molecule has 1 amide bonds. The Bertz CT molecular complexity index is 774. The van der Waals surface area contributed by atoms with E-state index >= 15 is 0 Å². The van der Waals surface area contributed by atoms with Gasteiger partial charge in [-0.05, 0) is 60.8 Å². The molecule has 0 radical (unpaired) electrons. The molecule has 0 aliphatic carbocycles. The van der Waals surface area contributed by atoms with Crippen molar-refractivity contribution in [3.63, 3.8) is 0 Å². The molecule has 9 heteroatoms. The second kappa shape index (κ2) is 10.4. The van der Waals surface area contributed by atoms with E-state index in [0.717, 1.165) is 36.3 Å². The molecule has 5 nitrogen and oxygen atoms in total. The fraction of sp³-hybridized carbons (Fsp3) is 0.333. The van der Waals surface area contributed by atoms with Crippen molar-refractivity contribution in [2.45, 2.75) is 33.0 Å². The maximum atomic E-state index is 12.3. The average molecular weight is 420 g/mol. The summed E-state index contributed by atoms with van der Waals surface area (Å²) < 4.78 is 28.6. The molecule has 0 spiro atoms. The van der Waals surface area contributed by atoms with Crippen molar-refractivity contribution in [2.24, 2.45) is 0 Å². The normalized spacial score (nSPS) is 12.4. The van der Waals surface area contributed by atoms with Gasteiger partial charge >= 0.3 is 6.61 Å². The fourth-order valence-corrected chi connectivity index (χ4v) is 2.94. The minimum atomic E-state index is -2.88. The Morgan fingerprint density at radius 1 is 1.30 bits per heavy atom.